The van der Waals surface area contributed by atoms with Gasteiger partial charge in [0.05, 0.1) is 30.9 Å². The van der Waals surface area contributed by atoms with Crippen molar-refractivity contribution < 1.29 is 19.0 Å². The van der Waals surface area contributed by atoms with Crippen LogP contribution in [0.1, 0.15) is 55.1 Å². The first-order valence-corrected chi connectivity index (χ1v) is 12.4. The Hall–Kier alpha value is -3.44. The van der Waals surface area contributed by atoms with Crippen LogP contribution in [0.15, 0.2) is 36.7 Å². The third-order valence-corrected chi connectivity index (χ3v) is 7.17. The number of halogens is 1. The third kappa shape index (κ3) is 6.41. The van der Waals surface area contributed by atoms with E-state index in [1.54, 1.807) is 25.6 Å². The van der Waals surface area contributed by atoms with E-state index >= 15 is 4.39 Å². The number of likely N-dealkylation sites (tertiary alicyclic amines) is 1. The summed E-state index contributed by atoms with van der Waals surface area (Å²) in [5.41, 5.74) is 3.21. The van der Waals surface area contributed by atoms with Crippen LogP contribution in [0.3, 0.4) is 0 Å². The molecule has 1 aliphatic rings. The van der Waals surface area contributed by atoms with E-state index < -0.39 is 12.1 Å². The molecule has 0 amide bonds. The van der Waals surface area contributed by atoms with Gasteiger partial charge in [-0.3, -0.25) is 19.8 Å². The van der Waals surface area contributed by atoms with Gasteiger partial charge in [0.15, 0.2) is 0 Å². The highest BCUT2D eigenvalue weighted by Crippen LogP contribution is 2.36. The highest BCUT2D eigenvalue weighted by Gasteiger charge is 2.30. The fraction of sp³-hybridized carbons (Fsp3) is 0.464. The molecule has 7 nitrogen and oxygen atoms in total. The molecule has 3 aromatic rings. The Labute approximate surface area is 211 Å². The highest BCUT2D eigenvalue weighted by atomic mass is 19.1. The van der Waals surface area contributed by atoms with Gasteiger partial charge in [-0.1, -0.05) is 11.8 Å². The molecule has 2 N–H and O–H groups in total. The average Bonchev–Trinajstić information content (AvgIpc) is 3.30. The maximum absolute atomic E-state index is 15.5. The zero-order valence-electron chi connectivity index (χ0n) is 20.8. The molecule has 1 aliphatic heterocycles. The van der Waals surface area contributed by atoms with Crippen molar-refractivity contribution in [3.63, 3.8) is 0 Å². The molecule has 1 saturated heterocycles. The van der Waals surface area contributed by atoms with E-state index in [0.29, 0.717) is 37.1 Å². The lowest BCUT2D eigenvalue weighted by Crippen LogP contribution is -2.41. The molecular formula is C28H33FN4O3. The number of aryl methyl sites for hydroxylation is 1. The Kier molecular flexibility index (Phi) is 8.55. The van der Waals surface area contributed by atoms with E-state index in [1.807, 2.05) is 25.1 Å². The summed E-state index contributed by atoms with van der Waals surface area (Å²) in [6.07, 6.45) is 4.99. The van der Waals surface area contributed by atoms with Crippen molar-refractivity contribution in [1.82, 2.24) is 20.1 Å². The molecule has 0 spiro atoms. The molecule has 8 heteroatoms. The van der Waals surface area contributed by atoms with E-state index in [2.05, 4.69) is 31.9 Å². The number of hydrogen-bond acceptors (Lipinski definition) is 5. The van der Waals surface area contributed by atoms with Crippen LogP contribution in [0.2, 0.25) is 0 Å². The second-order valence-corrected chi connectivity index (χ2v) is 9.51. The van der Waals surface area contributed by atoms with Crippen LogP contribution in [0.4, 0.5) is 4.39 Å². The lowest BCUT2D eigenvalue weighted by atomic mass is 9.79. The number of nitrogens with zero attached hydrogens (tertiary/aromatic N) is 3. The summed E-state index contributed by atoms with van der Waals surface area (Å²) in [5.74, 6) is 6.75. The maximum atomic E-state index is 15.5. The molecule has 0 unspecified atom stereocenters. The Balaban J connectivity index is 1.40. The first-order chi connectivity index (χ1) is 17.4. The number of pyridine rings is 1. The van der Waals surface area contributed by atoms with Gasteiger partial charge in [-0.2, -0.15) is 5.10 Å². The minimum atomic E-state index is -1.12. The summed E-state index contributed by atoms with van der Waals surface area (Å²) >= 11 is 0. The number of carbonyl (C=O) groups is 1. The van der Waals surface area contributed by atoms with Crippen LogP contribution in [0.25, 0.3) is 10.9 Å². The lowest BCUT2D eigenvalue weighted by Gasteiger charge is -2.38. The molecule has 190 valence electrons. The zero-order valence-corrected chi connectivity index (χ0v) is 20.8. The van der Waals surface area contributed by atoms with Gasteiger partial charge in [0.2, 0.25) is 0 Å². The number of rotatable bonds is 9. The summed E-state index contributed by atoms with van der Waals surface area (Å²) < 4.78 is 20.8. The first kappa shape index (κ1) is 25.6. The molecule has 1 fully saturated rings. The number of H-pyrrole nitrogens is 1. The van der Waals surface area contributed by atoms with Gasteiger partial charge in [0.1, 0.15) is 11.9 Å². The van der Waals surface area contributed by atoms with Gasteiger partial charge in [-0.15, -0.1) is 0 Å². The molecule has 0 saturated carbocycles. The smallest absolute Gasteiger partial charge is 0.303 e. The predicted molar refractivity (Wildman–Crippen MR) is 136 cm³/mol. The van der Waals surface area contributed by atoms with Gasteiger partial charge in [-0.25, -0.2) is 4.39 Å². The zero-order chi connectivity index (χ0) is 25.5. The average molecular weight is 493 g/mol. The molecule has 2 aromatic heterocycles. The normalized spacial score (nSPS) is 19.0. The van der Waals surface area contributed by atoms with Crippen LogP contribution in [0.5, 0.6) is 5.75 Å². The molecule has 4 rings (SSSR count). The van der Waals surface area contributed by atoms with Gasteiger partial charge in [0.25, 0.3) is 0 Å². The molecular weight excluding hydrogens is 459 g/mol. The fourth-order valence-corrected chi connectivity index (χ4v) is 5.10. The van der Waals surface area contributed by atoms with Crippen molar-refractivity contribution in [2.75, 3.05) is 26.7 Å². The molecule has 3 heterocycles. The molecule has 36 heavy (non-hydrogen) atoms. The Morgan fingerprint density at radius 1 is 1.33 bits per heavy atom. The first-order valence-electron chi connectivity index (χ1n) is 12.4. The number of piperidine rings is 1. The lowest BCUT2D eigenvalue weighted by molar-refractivity contribution is -0.137. The number of carboxylic acid groups (broad SMARTS) is 1. The standard InChI is InChI=1S/C28H33FN4O3/c1-19-21(17-31-32-19)4-3-14-33-15-12-20(22(18-33)6-10-28(34)35)5-8-26(29)24-11-13-30-27-9-7-23(36-2)16-25(24)27/h7,9,11,13,16-17,20,22,26H,5-6,8,10,12,14-15,18H2,1-2H3,(H,31,32)(H,34,35)/t20-,22-,26-/m1/s1. The van der Waals surface area contributed by atoms with E-state index in [4.69, 9.17) is 4.74 Å². The monoisotopic (exact) mass is 492 g/mol. The Morgan fingerprint density at radius 3 is 2.94 bits per heavy atom. The SMILES string of the molecule is COc1ccc2nccc([C@H](F)CC[C@@H]3CCN(CC#Cc4cn[nH]c4C)C[C@H]3CCC(=O)O)c2c1. The van der Waals surface area contributed by atoms with Gasteiger partial charge in [0, 0.05) is 30.2 Å². The largest absolute Gasteiger partial charge is 0.497 e. The number of benzene rings is 1. The Morgan fingerprint density at radius 2 is 2.19 bits per heavy atom. The third-order valence-electron chi connectivity index (χ3n) is 7.17. The fourth-order valence-electron chi connectivity index (χ4n) is 5.10. The minimum absolute atomic E-state index is 0.128. The number of hydrogen-bond donors (Lipinski definition) is 2. The molecule has 1 aromatic carbocycles. The van der Waals surface area contributed by atoms with Crippen LogP contribution in [-0.4, -0.2) is 57.9 Å². The topological polar surface area (TPSA) is 91.3 Å². The van der Waals surface area contributed by atoms with Crippen molar-refractivity contribution in [1.29, 1.82) is 0 Å². The van der Waals surface area contributed by atoms with Gasteiger partial charge in [-0.05, 0) is 80.8 Å². The number of aliphatic carboxylic acids is 1. The number of carboxylic acids is 1. The van der Waals surface area contributed by atoms with Crippen LogP contribution >= 0.6 is 0 Å². The van der Waals surface area contributed by atoms with Crippen molar-refractivity contribution in [3.8, 4) is 17.6 Å². The minimum Gasteiger partial charge on any atom is -0.497 e. The number of fused-ring (bicyclic) bond motifs is 1. The van der Waals surface area contributed by atoms with E-state index in [1.165, 1.54) is 0 Å². The molecule has 0 bridgehead atoms. The summed E-state index contributed by atoms with van der Waals surface area (Å²) in [6.45, 7) is 4.22. The number of ether oxygens (including phenoxy) is 1. The van der Waals surface area contributed by atoms with Crippen LogP contribution < -0.4 is 4.74 Å². The van der Waals surface area contributed by atoms with Crippen LogP contribution in [0, 0.1) is 30.6 Å². The van der Waals surface area contributed by atoms with Crippen molar-refractivity contribution in [3.05, 3.63) is 53.5 Å². The van der Waals surface area contributed by atoms with Crippen molar-refractivity contribution in [2.24, 2.45) is 11.8 Å². The summed E-state index contributed by atoms with van der Waals surface area (Å²) in [4.78, 5) is 17.9. The summed E-state index contributed by atoms with van der Waals surface area (Å²) in [6, 6.07) is 7.26. The Bertz CT molecular complexity index is 1250. The predicted octanol–water partition coefficient (Wildman–Crippen LogP) is 4.92. The molecule has 0 aliphatic carbocycles. The van der Waals surface area contributed by atoms with Crippen molar-refractivity contribution >= 4 is 16.9 Å². The molecule has 3 atom stereocenters. The quantitative estimate of drug-likeness (QED) is 0.412. The summed E-state index contributed by atoms with van der Waals surface area (Å²) in [5, 5.41) is 16.9. The highest BCUT2D eigenvalue weighted by molar-refractivity contribution is 5.83. The van der Waals surface area contributed by atoms with Crippen LogP contribution in [-0.2, 0) is 4.79 Å². The van der Waals surface area contributed by atoms with E-state index in [-0.39, 0.29) is 18.3 Å². The summed E-state index contributed by atoms with van der Waals surface area (Å²) in [7, 11) is 1.60. The second kappa shape index (κ2) is 12.0. The number of aromatic nitrogens is 3. The number of alkyl halides is 1. The number of nitrogens with one attached hydrogen (secondary N) is 1. The molecule has 0 radical (unpaired) electrons. The van der Waals surface area contributed by atoms with Crippen molar-refractivity contribution in [2.45, 2.75) is 45.2 Å². The van der Waals surface area contributed by atoms with E-state index in [9.17, 15) is 9.90 Å². The number of aromatic amines is 1. The van der Waals surface area contributed by atoms with Gasteiger partial charge < -0.3 is 9.84 Å². The maximum Gasteiger partial charge on any atom is 0.303 e. The second-order valence-electron chi connectivity index (χ2n) is 9.51. The van der Waals surface area contributed by atoms with Gasteiger partial charge >= 0.3 is 5.97 Å². The van der Waals surface area contributed by atoms with E-state index in [0.717, 1.165) is 41.7 Å². The number of methoxy groups -OCH3 is 1.